The van der Waals surface area contributed by atoms with E-state index in [9.17, 15) is 10.0 Å². The molecule has 168 valence electrons. The summed E-state index contributed by atoms with van der Waals surface area (Å²) in [6, 6.07) is 15.2. The summed E-state index contributed by atoms with van der Waals surface area (Å²) in [5.74, 6) is 1.53. The van der Waals surface area contributed by atoms with Gasteiger partial charge in [-0.1, -0.05) is 53.6 Å². The quantitative estimate of drug-likeness (QED) is 0.368. The van der Waals surface area contributed by atoms with Crippen molar-refractivity contribution in [3.05, 3.63) is 65.0 Å². The van der Waals surface area contributed by atoms with E-state index in [0.717, 1.165) is 40.5 Å². The van der Waals surface area contributed by atoms with E-state index in [1.54, 1.807) is 18.7 Å². The number of aromatic nitrogens is 1. The number of rotatable bonds is 4. The number of oxazole rings is 1. The van der Waals surface area contributed by atoms with Crippen LogP contribution in [-0.4, -0.2) is 45.3 Å². The Hall–Kier alpha value is -2.83. The molecule has 32 heavy (non-hydrogen) atoms. The lowest BCUT2D eigenvalue weighted by atomic mass is 9.97. The Morgan fingerprint density at radius 2 is 1.69 bits per heavy atom. The van der Waals surface area contributed by atoms with E-state index in [1.807, 2.05) is 36.4 Å². The van der Waals surface area contributed by atoms with Crippen molar-refractivity contribution in [2.45, 2.75) is 45.6 Å². The van der Waals surface area contributed by atoms with Crippen LogP contribution in [0.3, 0.4) is 0 Å². The molecule has 1 aliphatic rings. The first-order valence-corrected chi connectivity index (χ1v) is 11.3. The molecule has 4 rings (SSSR count). The lowest BCUT2D eigenvalue weighted by Crippen LogP contribution is -2.47. The second kappa shape index (κ2) is 9.35. The van der Waals surface area contributed by atoms with Gasteiger partial charge in [-0.2, -0.15) is 0 Å². The molecule has 0 bridgehead atoms. The van der Waals surface area contributed by atoms with Gasteiger partial charge < -0.3 is 9.32 Å². The van der Waals surface area contributed by atoms with E-state index in [2.05, 4.69) is 19.1 Å². The third kappa shape index (κ3) is 4.66. The number of hydrogen-bond acceptors (Lipinski definition) is 4. The SMILES string of the molecule is Cc1ccc(-c2oc(C3CCN(C(=O)N(O)C(C)C)CC3)nc2-c2ccc(Cl)cc2)cc1. The first-order chi connectivity index (χ1) is 15.3. The maximum atomic E-state index is 12.4. The molecule has 1 fully saturated rings. The Kier molecular flexibility index (Phi) is 6.53. The number of halogens is 1. The van der Waals surface area contributed by atoms with Crippen LogP contribution in [0, 0.1) is 6.92 Å². The molecule has 1 aromatic heterocycles. The zero-order chi connectivity index (χ0) is 22.8. The van der Waals surface area contributed by atoms with Crippen LogP contribution in [0.1, 0.15) is 44.1 Å². The summed E-state index contributed by atoms with van der Waals surface area (Å²) in [5.41, 5.74) is 3.89. The fourth-order valence-electron chi connectivity index (χ4n) is 3.90. The fourth-order valence-corrected chi connectivity index (χ4v) is 4.02. The van der Waals surface area contributed by atoms with Crippen molar-refractivity contribution in [2.75, 3.05) is 13.1 Å². The number of hydroxylamine groups is 2. The van der Waals surface area contributed by atoms with E-state index in [4.69, 9.17) is 21.0 Å². The number of aryl methyl sites for hydroxylation is 1. The Bertz CT molecular complexity index is 1010. The summed E-state index contributed by atoms with van der Waals surface area (Å²) in [5, 5.41) is 11.4. The molecule has 0 spiro atoms. The van der Waals surface area contributed by atoms with Crippen molar-refractivity contribution >= 4 is 17.6 Å². The van der Waals surface area contributed by atoms with Gasteiger partial charge in [-0.15, -0.1) is 0 Å². The normalized spacial score (nSPS) is 14.8. The predicted molar refractivity (Wildman–Crippen MR) is 125 cm³/mol. The lowest BCUT2D eigenvalue weighted by molar-refractivity contribution is -0.0815. The zero-order valence-corrected chi connectivity index (χ0v) is 19.3. The summed E-state index contributed by atoms with van der Waals surface area (Å²) in [4.78, 5) is 19.0. The number of urea groups is 1. The highest BCUT2D eigenvalue weighted by Gasteiger charge is 2.31. The van der Waals surface area contributed by atoms with E-state index in [1.165, 1.54) is 5.56 Å². The molecule has 1 N–H and O–H groups in total. The molecule has 1 saturated heterocycles. The maximum absolute atomic E-state index is 12.4. The highest BCUT2D eigenvalue weighted by Crippen LogP contribution is 2.38. The number of nitrogens with zero attached hydrogens (tertiary/aromatic N) is 3. The van der Waals surface area contributed by atoms with Crippen molar-refractivity contribution in [2.24, 2.45) is 0 Å². The molecule has 6 nitrogen and oxygen atoms in total. The summed E-state index contributed by atoms with van der Waals surface area (Å²) < 4.78 is 6.34. The smallest absolute Gasteiger partial charge is 0.343 e. The number of benzene rings is 2. The highest BCUT2D eigenvalue weighted by molar-refractivity contribution is 6.30. The van der Waals surface area contributed by atoms with Gasteiger partial charge in [0.2, 0.25) is 0 Å². The van der Waals surface area contributed by atoms with Crippen LogP contribution in [0.2, 0.25) is 5.02 Å². The first kappa shape index (κ1) is 22.4. The molecule has 0 saturated carbocycles. The predicted octanol–water partition coefficient (Wildman–Crippen LogP) is 6.37. The maximum Gasteiger partial charge on any atom is 0.343 e. The summed E-state index contributed by atoms with van der Waals surface area (Å²) in [6.45, 7) is 6.71. The number of likely N-dealkylation sites (tertiary alicyclic amines) is 1. The molecule has 7 heteroatoms. The Morgan fingerprint density at radius 1 is 1.09 bits per heavy atom. The van der Waals surface area contributed by atoms with Gasteiger partial charge in [0, 0.05) is 35.2 Å². The average Bonchev–Trinajstić information content (AvgIpc) is 3.24. The number of piperidine rings is 1. The van der Waals surface area contributed by atoms with Gasteiger partial charge in [-0.3, -0.25) is 5.21 Å². The molecular formula is C25H28ClN3O3. The van der Waals surface area contributed by atoms with Gasteiger partial charge in [0.15, 0.2) is 11.7 Å². The average molecular weight is 454 g/mol. The third-order valence-corrected chi connectivity index (χ3v) is 6.13. The van der Waals surface area contributed by atoms with Gasteiger partial charge >= 0.3 is 6.03 Å². The molecule has 2 aromatic carbocycles. The number of carbonyl (C=O) groups excluding carboxylic acids is 1. The summed E-state index contributed by atoms with van der Waals surface area (Å²) in [7, 11) is 0. The number of carbonyl (C=O) groups is 1. The van der Waals surface area contributed by atoms with Gasteiger partial charge in [-0.25, -0.2) is 14.8 Å². The molecule has 2 heterocycles. The molecule has 0 aliphatic carbocycles. The van der Waals surface area contributed by atoms with Gasteiger partial charge in [-0.05, 0) is 45.7 Å². The van der Waals surface area contributed by atoms with Crippen LogP contribution < -0.4 is 0 Å². The topological polar surface area (TPSA) is 69.8 Å². The van der Waals surface area contributed by atoms with Crippen LogP contribution in [0.25, 0.3) is 22.6 Å². The lowest BCUT2D eigenvalue weighted by Gasteiger charge is -2.33. The molecule has 3 aromatic rings. The van der Waals surface area contributed by atoms with Crippen molar-refractivity contribution in [1.82, 2.24) is 14.9 Å². The van der Waals surface area contributed by atoms with Crippen LogP contribution >= 0.6 is 11.6 Å². The van der Waals surface area contributed by atoms with Gasteiger partial charge in [0.1, 0.15) is 5.69 Å². The summed E-state index contributed by atoms with van der Waals surface area (Å²) in [6.07, 6.45) is 1.46. The van der Waals surface area contributed by atoms with Crippen LogP contribution in [-0.2, 0) is 0 Å². The van der Waals surface area contributed by atoms with Crippen LogP contribution in [0.4, 0.5) is 4.79 Å². The largest absolute Gasteiger partial charge is 0.440 e. The summed E-state index contributed by atoms with van der Waals surface area (Å²) >= 11 is 6.08. The molecule has 0 unspecified atom stereocenters. The third-order valence-electron chi connectivity index (χ3n) is 5.87. The van der Waals surface area contributed by atoms with Crippen LogP contribution in [0.15, 0.2) is 52.9 Å². The van der Waals surface area contributed by atoms with E-state index >= 15 is 0 Å². The van der Waals surface area contributed by atoms with E-state index in [-0.39, 0.29) is 18.0 Å². The van der Waals surface area contributed by atoms with Gasteiger partial charge in [0.05, 0.1) is 6.04 Å². The number of hydrogen-bond donors (Lipinski definition) is 1. The van der Waals surface area contributed by atoms with Crippen molar-refractivity contribution in [3.8, 4) is 22.6 Å². The standard InChI is InChI=1S/C25H28ClN3O3/c1-16(2)29(31)25(30)28-14-12-20(13-15-28)24-27-22(18-8-10-21(26)11-9-18)23(32-24)19-6-4-17(3)5-7-19/h4-11,16,20,31H,12-15H2,1-3H3. The second-order valence-electron chi connectivity index (χ2n) is 8.58. The van der Waals surface area contributed by atoms with Crippen LogP contribution in [0.5, 0.6) is 0 Å². The zero-order valence-electron chi connectivity index (χ0n) is 18.6. The van der Waals surface area contributed by atoms with Crippen molar-refractivity contribution < 1.29 is 14.4 Å². The minimum absolute atomic E-state index is 0.107. The Morgan fingerprint density at radius 3 is 2.28 bits per heavy atom. The van der Waals surface area contributed by atoms with Gasteiger partial charge in [0.25, 0.3) is 0 Å². The fraction of sp³-hybridized carbons (Fsp3) is 0.360. The molecule has 0 radical (unpaired) electrons. The monoisotopic (exact) mass is 453 g/mol. The minimum Gasteiger partial charge on any atom is -0.440 e. The van der Waals surface area contributed by atoms with Crippen molar-refractivity contribution in [3.63, 3.8) is 0 Å². The number of amides is 2. The minimum atomic E-state index is -0.354. The molecular weight excluding hydrogens is 426 g/mol. The van der Waals surface area contributed by atoms with Crippen molar-refractivity contribution in [1.29, 1.82) is 0 Å². The Labute approximate surface area is 193 Å². The second-order valence-corrected chi connectivity index (χ2v) is 9.02. The first-order valence-electron chi connectivity index (χ1n) is 10.9. The van der Waals surface area contributed by atoms with E-state index < -0.39 is 0 Å². The molecule has 2 amide bonds. The molecule has 0 atom stereocenters. The highest BCUT2D eigenvalue weighted by atomic mass is 35.5. The molecule has 1 aliphatic heterocycles. The van der Waals surface area contributed by atoms with E-state index in [0.29, 0.717) is 24.0 Å². The Balaban J connectivity index is 1.60.